The molecule has 0 aliphatic carbocycles. The topological polar surface area (TPSA) is 55.6 Å². The van der Waals surface area contributed by atoms with E-state index in [1.54, 1.807) is 11.0 Å². The Morgan fingerprint density at radius 1 is 1.56 bits per heavy atom. The average Bonchev–Trinajstić information content (AvgIpc) is 2.35. The molecule has 0 spiro atoms. The Bertz CT molecular complexity index is 451. The Kier molecular flexibility index (Phi) is 4.09. The smallest absolute Gasteiger partial charge is 0.414 e. The second kappa shape index (κ2) is 5.59. The lowest BCUT2D eigenvalue weighted by atomic mass is 10.0. The van der Waals surface area contributed by atoms with Crippen molar-refractivity contribution in [3.05, 3.63) is 28.8 Å². The van der Waals surface area contributed by atoms with E-state index in [1.165, 1.54) is 0 Å². The van der Waals surface area contributed by atoms with Crippen molar-refractivity contribution < 1.29 is 9.53 Å². The van der Waals surface area contributed by atoms with Crippen LogP contribution in [0.4, 0.5) is 10.5 Å². The minimum absolute atomic E-state index is 0.283. The summed E-state index contributed by atoms with van der Waals surface area (Å²) >= 11 is 5.98. The number of rotatable bonds is 3. The molecule has 5 heteroatoms. The number of cyclic esters (lactones) is 1. The van der Waals surface area contributed by atoms with Gasteiger partial charge in [0.25, 0.3) is 0 Å². The zero-order valence-corrected chi connectivity index (χ0v) is 11.1. The van der Waals surface area contributed by atoms with Gasteiger partial charge in [-0.05, 0) is 37.6 Å². The number of carbonyl (C=O) groups excluding carboxylic acids is 1. The molecule has 1 unspecified atom stereocenters. The van der Waals surface area contributed by atoms with Crippen LogP contribution in [0.1, 0.15) is 12.0 Å². The first-order chi connectivity index (χ1) is 8.61. The zero-order chi connectivity index (χ0) is 13.1. The molecule has 1 aromatic rings. The van der Waals surface area contributed by atoms with E-state index in [4.69, 9.17) is 22.1 Å². The van der Waals surface area contributed by atoms with Crippen molar-refractivity contribution >= 4 is 23.4 Å². The third-order valence-electron chi connectivity index (χ3n) is 3.14. The number of nitrogens with zero attached hydrogens (tertiary/aromatic N) is 1. The molecular formula is C13H17ClN2O2. The minimum Gasteiger partial charge on any atom is -0.449 e. The van der Waals surface area contributed by atoms with Crippen molar-refractivity contribution in [1.82, 2.24) is 0 Å². The molecule has 1 aliphatic heterocycles. The first-order valence-corrected chi connectivity index (χ1v) is 6.40. The maximum Gasteiger partial charge on any atom is 0.414 e. The van der Waals surface area contributed by atoms with Gasteiger partial charge in [-0.15, -0.1) is 0 Å². The van der Waals surface area contributed by atoms with Gasteiger partial charge >= 0.3 is 6.09 Å². The van der Waals surface area contributed by atoms with E-state index in [9.17, 15) is 4.79 Å². The van der Waals surface area contributed by atoms with E-state index < -0.39 is 0 Å². The molecule has 1 atom stereocenters. The molecule has 1 aliphatic rings. The number of amides is 1. The van der Waals surface area contributed by atoms with Crippen molar-refractivity contribution in [2.45, 2.75) is 13.3 Å². The first-order valence-electron chi connectivity index (χ1n) is 6.02. The second-order valence-electron chi connectivity index (χ2n) is 4.56. The molecule has 0 bridgehead atoms. The summed E-state index contributed by atoms with van der Waals surface area (Å²) in [5, 5.41) is 0.615. The summed E-state index contributed by atoms with van der Waals surface area (Å²) in [5.41, 5.74) is 7.37. The molecule has 0 saturated carbocycles. The average molecular weight is 269 g/mol. The van der Waals surface area contributed by atoms with E-state index in [-0.39, 0.29) is 12.0 Å². The molecule has 2 N–H and O–H groups in total. The van der Waals surface area contributed by atoms with Crippen molar-refractivity contribution in [3.8, 4) is 0 Å². The predicted molar refractivity (Wildman–Crippen MR) is 72.0 cm³/mol. The van der Waals surface area contributed by atoms with Crippen LogP contribution in [0.25, 0.3) is 0 Å². The summed E-state index contributed by atoms with van der Waals surface area (Å²) in [6.07, 6.45) is 0.539. The van der Waals surface area contributed by atoms with Crippen LogP contribution in [0.2, 0.25) is 5.02 Å². The number of halogens is 1. The third-order valence-corrected chi connectivity index (χ3v) is 3.38. The molecule has 1 aromatic carbocycles. The lowest BCUT2D eigenvalue weighted by Crippen LogP contribution is -2.44. The van der Waals surface area contributed by atoms with Crippen molar-refractivity contribution in [2.24, 2.45) is 11.7 Å². The monoisotopic (exact) mass is 268 g/mol. The first kappa shape index (κ1) is 13.2. The molecule has 0 radical (unpaired) electrons. The van der Waals surface area contributed by atoms with Gasteiger partial charge in [-0.2, -0.15) is 0 Å². The number of nitrogens with two attached hydrogens (primary N) is 1. The van der Waals surface area contributed by atoms with Crippen molar-refractivity contribution in [1.29, 1.82) is 0 Å². The van der Waals surface area contributed by atoms with Crippen molar-refractivity contribution in [2.75, 3.05) is 24.6 Å². The highest BCUT2D eigenvalue weighted by molar-refractivity contribution is 6.31. The Labute approximate surface area is 112 Å². The van der Waals surface area contributed by atoms with E-state index >= 15 is 0 Å². The highest BCUT2D eigenvalue weighted by Crippen LogP contribution is 2.28. The number of benzene rings is 1. The zero-order valence-electron chi connectivity index (χ0n) is 10.4. The van der Waals surface area contributed by atoms with E-state index in [1.807, 2.05) is 19.1 Å². The van der Waals surface area contributed by atoms with Gasteiger partial charge in [0.1, 0.15) is 0 Å². The molecule has 2 rings (SSSR count). The number of hydrogen-bond acceptors (Lipinski definition) is 3. The second-order valence-corrected chi connectivity index (χ2v) is 5.00. The summed E-state index contributed by atoms with van der Waals surface area (Å²) in [6.45, 7) is 3.64. The summed E-state index contributed by atoms with van der Waals surface area (Å²) in [5.74, 6) is 0.283. The predicted octanol–water partition coefficient (Wildman–Crippen LogP) is 2.57. The Morgan fingerprint density at radius 2 is 2.33 bits per heavy atom. The quantitative estimate of drug-likeness (QED) is 0.917. The highest BCUT2D eigenvalue weighted by atomic mass is 35.5. The van der Waals surface area contributed by atoms with Gasteiger partial charge in [-0.3, -0.25) is 4.90 Å². The highest BCUT2D eigenvalue weighted by Gasteiger charge is 2.28. The van der Waals surface area contributed by atoms with Crippen LogP contribution in [-0.4, -0.2) is 25.8 Å². The summed E-state index contributed by atoms with van der Waals surface area (Å²) in [7, 11) is 0. The van der Waals surface area contributed by atoms with Gasteiger partial charge in [-0.1, -0.05) is 17.7 Å². The van der Waals surface area contributed by atoms with Crippen LogP contribution in [0.5, 0.6) is 0 Å². The summed E-state index contributed by atoms with van der Waals surface area (Å²) < 4.78 is 5.19. The number of carbonyl (C=O) groups is 1. The van der Waals surface area contributed by atoms with Gasteiger partial charge in [0.15, 0.2) is 0 Å². The molecule has 4 nitrogen and oxygen atoms in total. The number of aryl methyl sites for hydroxylation is 1. The van der Waals surface area contributed by atoms with E-state index in [0.717, 1.165) is 17.7 Å². The molecule has 1 heterocycles. The van der Waals surface area contributed by atoms with Gasteiger partial charge in [-0.25, -0.2) is 4.79 Å². The standard InChI is InChI=1S/C13H17ClN2O2/c1-9-2-3-11(14)6-12(9)16-7-10(4-5-15)8-18-13(16)17/h2-3,6,10H,4-5,7-8,15H2,1H3. The summed E-state index contributed by atoms with van der Waals surface area (Å²) in [4.78, 5) is 13.5. The fraction of sp³-hybridized carbons (Fsp3) is 0.462. The fourth-order valence-corrected chi connectivity index (χ4v) is 2.30. The minimum atomic E-state index is -0.311. The lowest BCUT2D eigenvalue weighted by Gasteiger charge is -2.33. The maximum atomic E-state index is 11.8. The third kappa shape index (κ3) is 2.76. The van der Waals surface area contributed by atoms with Crippen LogP contribution < -0.4 is 10.6 Å². The molecule has 0 aromatic heterocycles. The number of ether oxygens (including phenoxy) is 1. The lowest BCUT2D eigenvalue weighted by molar-refractivity contribution is 0.113. The van der Waals surface area contributed by atoms with Gasteiger partial charge < -0.3 is 10.5 Å². The molecule has 18 heavy (non-hydrogen) atoms. The van der Waals surface area contributed by atoms with Crippen LogP contribution in [0.15, 0.2) is 18.2 Å². The van der Waals surface area contributed by atoms with Gasteiger partial charge in [0.05, 0.1) is 12.3 Å². The number of hydrogen-bond donors (Lipinski definition) is 1. The van der Waals surface area contributed by atoms with Crippen LogP contribution in [-0.2, 0) is 4.74 Å². The SMILES string of the molecule is Cc1ccc(Cl)cc1N1CC(CCN)COC1=O. The Morgan fingerprint density at radius 3 is 3.06 bits per heavy atom. The van der Waals surface area contributed by atoms with Crippen LogP contribution in [0, 0.1) is 12.8 Å². The summed E-state index contributed by atoms with van der Waals surface area (Å²) in [6, 6.07) is 5.51. The maximum absolute atomic E-state index is 11.8. The van der Waals surface area contributed by atoms with E-state index in [0.29, 0.717) is 24.7 Å². The molecule has 98 valence electrons. The molecule has 1 saturated heterocycles. The molecule has 1 amide bonds. The fourth-order valence-electron chi connectivity index (χ4n) is 2.13. The normalized spacial score (nSPS) is 19.8. The van der Waals surface area contributed by atoms with Gasteiger partial charge in [0.2, 0.25) is 0 Å². The Balaban J connectivity index is 2.24. The van der Waals surface area contributed by atoms with E-state index in [2.05, 4.69) is 0 Å². The molecule has 1 fully saturated rings. The largest absolute Gasteiger partial charge is 0.449 e. The number of anilines is 1. The molecular weight excluding hydrogens is 252 g/mol. The Hall–Kier alpha value is -1.26. The van der Waals surface area contributed by atoms with Crippen molar-refractivity contribution in [3.63, 3.8) is 0 Å². The van der Waals surface area contributed by atoms with Crippen LogP contribution in [0.3, 0.4) is 0 Å². The van der Waals surface area contributed by atoms with Gasteiger partial charge in [0, 0.05) is 17.5 Å². The van der Waals surface area contributed by atoms with Crippen LogP contribution >= 0.6 is 11.6 Å².